The molecule has 0 aliphatic rings. The summed E-state index contributed by atoms with van der Waals surface area (Å²) in [5.41, 5.74) is 1.92. The highest BCUT2D eigenvalue weighted by Crippen LogP contribution is 2.25. The molecule has 2 rings (SSSR count). The summed E-state index contributed by atoms with van der Waals surface area (Å²) in [6, 6.07) is 9.54. The lowest BCUT2D eigenvalue weighted by Crippen LogP contribution is -2.29. The maximum atomic E-state index is 13.9. The van der Waals surface area contributed by atoms with E-state index in [1.54, 1.807) is 7.11 Å². The van der Waals surface area contributed by atoms with Crippen LogP contribution in [0.3, 0.4) is 0 Å². The van der Waals surface area contributed by atoms with Gasteiger partial charge in [-0.2, -0.15) is 0 Å². The first kappa shape index (κ1) is 17.3. The molecule has 1 N–H and O–H groups in total. The quantitative estimate of drug-likeness (QED) is 0.861. The molecule has 0 aromatic heterocycles. The van der Waals surface area contributed by atoms with Gasteiger partial charge in [0, 0.05) is 5.02 Å². The Kier molecular flexibility index (Phi) is 5.61. The van der Waals surface area contributed by atoms with Crippen LogP contribution in [-0.4, -0.2) is 13.0 Å². The molecule has 0 fully saturated rings. The molecule has 1 amide bonds. The Bertz CT molecular complexity index is 718. The van der Waals surface area contributed by atoms with Gasteiger partial charge in [-0.15, -0.1) is 0 Å². The van der Waals surface area contributed by atoms with Gasteiger partial charge in [0.15, 0.2) is 0 Å². The van der Waals surface area contributed by atoms with E-state index < -0.39 is 11.7 Å². The summed E-state index contributed by atoms with van der Waals surface area (Å²) in [6.07, 6.45) is 0.687. The second-order valence-corrected chi connectivity index (χ2v) is 5.72. The first-order valence-corrected chi connectivity index (χ1v) is 7.74. The summed E-state index contributed by atoms with van der Waals surface area (Å²) in [5.74, 6) is -0.297. The topological polar surface area (TPSA) is 38.3 Å². The molecule has 1 atom stereocenters. The molecule has 0 bridgehead atoms. The van der Waals surface area contributed by atoms with E-state index in [2.05, 4.69) is 5.32 Å². The SMILES string of the molecule is CC[C@@H](NC(=O)c1ccc(Cl)cc1F)c1ccc(OC)c(C)c1. The van der Waals surface area contributed by atoms with Crippen molar-refractivity contribution in [3.63, 3.8) is 0 Å². The number of nitrogens with one attached hydrogen (secondary N) is 1. The normalized spacial score (nSPS) is 11.9. The Balaban J connectivity index is 2.21. The molecular weight excluding hydrogens is 317 g/mol. The van der Waals surface area contributed by atoms with E-state index in [4.69, 9.17) is 16.3 Å². The summed E-state index contributed by atoms with van der Waals surface area (Å²) in [5, 5.41) is 3.12. The maximum Gasteiger partial charge on any atom is 0.254 e. The molecule has 0 spiro atoms. The Morgan fingerprint density at radius 2 is 2.04 bits per heavy atom. The summed E-state index contributed by atoms with van der Waals surface area (Å²) in [4.78, 5) is 12.3. The number of ether oxygens (including phenoxy) is 1. The van der Waals surface area contributed by atoms with E-state index in [9.17, 15) is 9.18 Å². The summed E-state index contributed by atoms with van der Waals surface area (Å²) in [6.45, 7) is 3.90. The molecule has 0 unspecified atom stereocenters. The van der Waals surface area contributed by atoms with Crippen LogP contribution in [0.4, 0.5) is 4.39 Å². The van der Waals surface area contributed by atoms with Crippen LogP contribution in [0.25, 0.3) is 0 Å². The van der Waals surface area contributed by atoms with Crippen molar-refractivity contribution in [2.24, 2.45) is 0 Å². The van der Waals surface area contributed by atoms with Crippen molar-refractivity contribution in [1.82, 2.24) is 5.32 Å². The van der Waals surface area contributed by atoms with Crippen LogP contribution in [0.5, 0.6) is 5.75 Å². The van der Waals surface area contributed by atoms with Crippen LogP contribution in [0.15, 0.2) is 36.4 Å². The second-order valence-electron chi connectivity index (χ2n) is 5.29. The highest BCUT2D eigenvalue weighted by molar-refractivity contribution is 6.30. The van der Waals surface area contributed by atoms with Gasteiger partial charge in [0.1, 0.15) is 11.6 Å². The van der Waals surface area contributed by atoms with Gasteiger partial charge in [-0.3, -0.25) is 4.79 Å². The minimum Gasteiger partial charge on any atom is -0.496 e. The molecule has 0 saturated heterocycles. The minimum absolute atomic E-state index is 0.0157. The predicted octanol–water partition coefficient (Wildman–Crippen LogP) is 4.68. The highest BCUT2D eigenvalue weighted by atomic mass is 35.5. The number of halogens is 2. The molecule has 0 heterocycles. The van der Waals surface area contributed by atoms with Gasteiger partial charge in [-0.25, -0.2) is 4.39 Å². The molecule has 3 nitrogen and oxygen atoms in total. The number of hydrogen-bond acceptors (Lipinski definition) is 2. The maximum absolute atomic E-state index is 13.9. The molecule has 23 heavy (non-hydrogen) atoms. The van der Waals surface area contributed by atoms with Gasteiger partial charge >= 0.3 is 0 Å². The standard InChI is InChI=1S/C18H19ClFNO2/c1-4-16(12-5-8-17(23-3)11(2)9-12)21-18(22)14-7-6-13(19)10-15(14)20/h5-10,16H,4H2,1-3H3,(H,21,22)/t16-/m1/s1. The molecule has 0 aliphatic carbocycles. The van der Waals surface area contributed by atoms with Crippen molar-refractivity contribution in [2.75, 3.05) is 7.11 Å². The summed E-state index contributed by atoms with van der Waals surface area (Å²) in [7, 11) is 1.62. The largest absolute Gasteiger partial charge is 0.496 e. The highest BCUT2D eigenvalue weighted by Gasteiger charge is 2.18. The lowest BCUT2D eigenvalue weighted by Gasteiger charge is -2.19. The predicted molar refractivity (Wildman–Crippen MR) is 89.6 cm³/mol. The third-order valence-electron chi connectivity index (χ3n) is 3.71. The molecule has 0 aliphatic heterocycles. The van der Waals surface area contributed by atoms with Crippen molar-refractivity contribution in [2.45, 2.75) is 26.3 Å². The lowest BCUT2D eigenvalue weighted by atomic mass is 10.0. The third kappa shape index (κ3) is 4.02. The van der Waals surface area contributed by atoms with Crippen molar-refractivity contribution in [3.8, 4) is 5.75 Å². The van der Waals surface area contributed by atoms with E-state index in [1.807, 2.05) is 32.0 Å². The Hall–Kier alpha value is -2.07. The summed E-state index contributed by atoms with van der Waals surface area (Å²) >= 11 is 5.71. The van der Waals surface area contributed by atoms with Gasteiger partial charge in [-0.1, -0.05) is 30.7 Å². The van der Waals surface area contributed by atoms with E-state index >= 15 is 0 Å². The third-order valence-corrected chi connectivity index (χ3v) is 3.95. The van der Waals surface area contributed by atoms with E-state index in [1.165, 1.54) is 12.1 Å². The van der Waals surface area contributed by atoms with Gasteiger partial charge < -0.3 is 10.1 Å². The van der Waals surface area contributed by atoms with Crippen molar-refractivity contribution in [1.29, 1.82) is 0 Å². The van der Waals surface area contributed by atoms with Crippen LogP contribution in [0, 0.1) is 12.7 Å². The van der Waals surface area contributed by atoms with Gasteiger partial charge in [0.25, 0.3) is 5.91 Å². The van der Waals surface area contributed by atoms with Crippen LogP contribution in [0.2, 0.25) is 5.02 Å². The fraction of sp³-hybridized carbons (Fsp3) is 0.278. The van der Waals surface area contributed by atoms with Crippen LogP contribution in [-0.2, 0) is 0 Å². The van der Waals surface area contributed by atoms with E-state index in [-0.39, 0.29) is 16.6 Å². The van der Waals surface area contributed by atoms with Crippen molar-refractivity contribution < 1.29 is 13.9 Å². The fourth-order valence-electron chi connectivity index (χ4n) is 2.45. The number of amides is 1. The van der Waals surface area contributed by atoms with Gasteiger partial charge in [0.05, 0.1) is 18.7 Å². The number of aryl methyl sites for hydroxylation is 1. The first-order chi connectivity index (χ1) is 11.0. The Labute approximate surface area is 140 Å². The average Bonchev–Trinajstić information content (AvgIpc) is 2.52. The van der Waals surface area contributed by atoms with E-state index in [0.717, 1.165) is 22.9 Å². The molecular formula is C18H19ClFNO2. The zero-order valence-electron chi connectivity index (χ0n) is 13.3. The average molecular weight is 336 g/mol. The number of carbonyl (C=O) groups is 1. The zero-order valence-corrected chi connectivity index (χ0v) is 14.1. The zero-order chi connectivity index (χ0) is 17.0. The minimum atomic E-state index is -0.629. The molecule has 122 valence electrons. The van der Waals surface area contributed by atoms with Crippen LogP contribution in [0.1, 0.15) is 40.9 Å². The molecule has 0 radical (unpaired) electrons. The van der Waals surface area contributed by atoms with Gasteiger partial charge in [0.2, 0.25) is 0 Å². The number of benzene rings is 2. The number of rotatable bonds is 5. The molecule has 0 saturated carbocycles. The van der Waals surface area contributed by atoms with Gasteiger partial charge in [-0.05, 0) is 48.7 Å². The Morgan fingerprint density at radius 3 is 2.61 bits per heavy atom. The lowest BCUT2D eigenvalue weighted by molar-refractivity contribution is 0.0931. The molecule has 2 aromatic rings. The monoisotopic (exact) mass is 335 g/mol. The van der Waals surface area contributed by atoms with Crippen LogP contribution >= 0.6 is 11.6 Å². The second kappa shape index (κ2) is 7.47. The summed E-state index contributed by atoms with van der Waals surface area (Å²) < 4.78 is 19.1. The van der Waals surface area contributed by atoms with Crippen molar-refractivity contribution >= 4 is 17.5 Å². The first-order valence-electron chi connectivity index (χ1n) is 7.36. The smallest absolute Gasteiger partial charge is 0.254 e. The van der Waals surface area contributed by atoms with E-state index in [0.29, 0.717) is 6.42 Å². The fourth-order valence-corrected chi connectivity index (χ4v) is 2.61. The number of carbonyl (C=O) groups excluding carboxylic acids is 1. The molecule has 5 heteroatoms. The van der Waals surface area contributed by atoms with Crippen molar-refractivity contribution in [3.05, 3.63) is 63.9 Å². The Morgan fingerprint density at radius 1 is 1.30 bits per heavy atom. The van der Waals surface area contributed by atoms with Crippen LogP contribution < -0.4 is 10.1 Å². The number of methoxy groups -OCH3 is 1. The number of hydrogen-bond donors (Lipinski definition) is 1. The molecule has 2 aromatic carbocycles.